The van der Waals surface area contributed by atoms with Crippen molar-refractivity contribution in [2.45, 2.75) is 6.61 Å². The van der Waals surface area contributed by atoms with Crippen molar-refractivity contribution >= 4 is 49.8 Å². The number of rotatable bonds is 3. The number of halogens is 1. The van der Waals surface area contributed by atoms with Gasteiger partial charge in [-0.1, -0.05) is 28.1 Å². The molecule has 4 nitrogen and oxygen atoms in total. The average molecular weight is 319 g/mol. The molecule has 0 unspecified atom stereocenters. The van der Waals surface area contributed by atoms with E-state index in [2.05, 4.69) is 26.2 Å². The van der Waals surface area contributed by atoms with E-state index in [1.165, 1.54) is 0 Å². The van der Waals surface area contributed by atoms with Gasteiger partial charge in [0.15, 0.2) is 0 Å². The van der Waals surface area contributed by atoms with Crippen molar-refractivity contribution in [3.8, 4) is 0 Å². The molecular formula is C14H11BrN2O2. The summed E-state index contributed by atoms with van der Waals surface area (Å²) in [5, 5.41) is 13.9. The van der Waals surface area contributed by atoms with Crippen LogP contribution in [0.4, 0.5) is 5.69 Å². The predicted molar refractivity (Wildman–Crippen MR) is 79.1 cm³/mol. The van der Waals surface area contributed by atoms with Gasteiger partial charge in [0.05, 0.1) is 17.8 Å². The number of carbonyl (C=O) groups excluding carboxylic acids is 1. The smallest absolute Gasteiger partial charge is 0.211 e. The molecule has 1 heterocycles. The summed E-state index contributed by atoms with van der Waals surface area (Å²) in [6.45, 7) is 0.00587. The van der Waals surface area contributed by atoms with Crippen LogP contribution < -0.4 is 5.32 Å². The molecule has 0 saturated heterocycles. The maximum atomic E-state index is 10.6. The van der Waals surface area contributed by atoms with Crippen LogP contribution in [0, 0.1) is 0 Å². The van der Waals surface area contributed by atoms with Crippen molar-refractivity contribution < 1.29 is 9.90 Å². The summed E-state index contributed by atoms with van der Waals surface area (Å²) in [7, 11) is 0. The fourth-order valence-electron chi connectivity index (χ4n) is 2.30. The molecule has 0 aliphatic carbocycles. The molecule has 0 aliphatic rings. The lowest BCUT2D eigenvalue weighted by Crippen LogP contribution is -1.94. The van der Waals surface area contributed by atoms with Crippen LogP contribution in [0.2, 0.25) is 0 Å². The highest BCUT2D eigenvalue weighted by Gasteiger charge is 2.11. The van der Waals surface area contributed by atoms with Gasteiger partial charge in [-0.25, -0.2) is 0 Å². The van der Waals surface area contributed by atoms with Gasteiger partial charge in [-0.3, -0.25) is 4.79 Å². The number of carbonyl (C=O) groups is 1. The topological polar surface area (TPSA) is 65.1 Å². The zero-order valence-corrected chi connectivity index (χ0v) is 11.5. The monoisotopic (exact) mass is 318 g/mol. The van der Waals surface area contributed by atoms with Crippen molar-refractivity contribution in [1.29, 1.82) is 0 Å². The minimum atomic E-state index is 0.00587. The van der Waals surface area contributed by atoms with Gasteiger partial charge in [0.25, 0.3) is 0 Å². The molecule has 0 saturated carbocycles. The van der Waals surface area contributed by atoms with Gasteiger partial charge in [-0.05, 0) is 23.8 Å². The van der Waals surface area contributed by atoms with Gasteiger partial charge in [0.1, 0.15) is 0 Å². The van der Waals surface area contributed by atoms with Gasteiger partial charge in [0.2, 0.25) is 6.41 Å². The first-order chi connectivity index (χ1) is 9.24. The maximum absolute atomic E-state index is 10.6. The molecule has 0 aliphatic heterocycles. The van der Waals surface area contributed by atoms with Crippen LogP contribution >= 0.6 is 15.9 Å². The second-order valence-electron chi connectivity index (χ2n) is 4.27. The number of hydrogen-bond donors (Lipinski definition) is 3. The van der Waals surface area contributed by atoms with Gasteiger partial charge in [-0.2, -0.15) is 0 Å². The summed E-state index contributed by atoms with van der Waals surface area (Å²) in [4.78, 5) is 13.9. The molecule has 0 fully saturated rings. The molecule has 3 N–H and O–H groups in total. The third-order valence-corrected chi connectivity index (χ3v) is 3.83. The lowest BCUT2D eigenvalue weighted by Gasteiger charge is -2.02. The van der Waals surface area contributed by atoms with E-state index in [1.807, 2.05) is 30.3 Å². The van der Waals surface area contributed by atoms with Crippen molar-refractivity contribution in [2.75, 3.05) is 5.32 Å². The lowest BCUT2D eigenvalue weighted by molar-refractivity contribution is -0.105. The molecule has 19 heavy (non-hydrogen) atoms. The van der Waals surface area contributed by atoms with Crippen LogP contribution in [0.3, 0.4) is 0 Å². The van der Waals surface area contributed by atoms with Crippen LogP contribution in [0.1, 0.15) is 5.56 Å². The molecule has 0 atom stereocenters. The SMILES string of the molecule is O=CNc1ccc(Br)c2c1[nH]c1cc(CO)ccc12. The molecule has 1 aromatic heterocycles. The zero-order valence-electron chi connectivity index (χ0n) is 9.90. The summed E-state index contributed by atoms with van der Waals surface area (Å²) in [5.74, 6) is 0. The van der Waals surface area contributed by atoms with Gasteiger partial charge in [-0.15, -0.1) is 0 Å². The molecule has 5 heteroatoms. The molecule has 3 aromatic rings. The minimum Gasteiger partial charge on any atom is -0.392 e. The molecular weight excluding hydrogens is 308 g/mol. The summed E-state index contributed by atoms with van der Waals surface area (Å²) >= 11 is 3.53. The fourth-order valence-corrected chi connectivity index (χ4v) is 2.84. The summed E-state index contributed by atoms with van der Waals surface area (Å²) in [6.07, 6.45) is 0.660. The number of aliphatic hydroxyl groups excluding tert-OH is 1. The Morgan fingerprint density at radius 1 is 1.32 bits per heavy atom. The average Bonchev–Trinajstić information content (AvgIpc) is 2.81. The van der Waals surface area contributed by atoms with Crippen LogP contribution in [0.15, 0.2) is 34.8 Å². The Hall–Kier alpha value is -1.85. The molecule has 96 valence electrons. The van der Waals surface area contributed by atoms with E-state index in [0.29, 0.717) is 6.41 Å². The maximum Gasteiger partial charge on any atom is 0.211 e. The number of aromatic nitrogens is 1. The number of amides is 1. The molecule has 2 aromatic carbocycles. The first-order valence-electron chi connectivity index (χ1n) is 5.78. The second kappa shape index (κ2) is 4.68. The van der Waals surface area contributed by atoms with E-state index in [-0.39, 0.29) is 6.61 Å². The van der Waals surface area contributed by atoms with Crippen LogP contribution in [-0.2, 0) is 11.4 Å². The second-order valence-corrected chi connectivity index (χ2v) is 5.12. The quantitative estimate of drug-likeness (QED) is 0.649. The van der Waals surface area contributed by atoms with E-state index in [4.69, 9.17) is 0 Å². The number of fused-ring (bicyclic) bond motifs is 3. The lowest BCUT2D eigenvalue weighted by atomic mass is 10.1. The van der Waals surface area contributed by atoms with Crippen LogP contribution in [-0.4, -0.2) is 16.5 Å². The number of nitrogens with one attached hydrogen (secondary N) is 2. The minimum absolute atomic E-state index is 0.00587. The number of H-pyrrole nitrogens is 1. The largest absolute Gasteiger partial charge is 0.392 e. The Labute approximate surface area is 117 Å². The molecule has 0 radical (unpaired) electrons. The third-order valence-electron chi connectivity index (χ3n) is 3.16. The predicted octanol–water partition coefficient (Wildman–Crippen LogP) is 3.14. The van der Waals surface area contributed by atoms with Gasteiger partial charge < -0.3 is 15.4 Å². The van der Waals surface area contributed by atoms with E-state index < -0.39 is 0 Å². The molecule has 3 rings (SSSR count). The number of aliphatic hydroxyl groups is 1. The number of aromatic amines is 1. The van der Waals surface area contributed by atoms with E-state index in [9.17, 15) is 9.90 Å². The first-order valence-corrected chi connectivity index (χ1v) is 6.57. The fraction of sp³-hybridized carbons (Fsp3) is 0.0714. The van der Waals surface area contributed by atoms with Crippen LogP contribution in [0.25, 0.3) is 21.8 Å². The van der Waals surface area contributed by atoms with Crippen molar-refractivity contribution in [3.05, 3.63) is 40.4 Å². The highest BCUT2D eigenvalue weighted by atomic mass is 79.9. The van der Waals surface area contributed by atoms with Gasteiger partial charge in [0, 0.05) is 20.8 Å². The Balaban J connectivity index is 2.40. The molecule has 0 spiro atoms. The normalized spacial score (nSPS) is 11.1. The highest BCUT2D eigenvalue weighted by molar-refractivity contribution is 9.10. The number of anilines is 1. The molecule has 0 bridgehead atoms. The Morgan fingerprint density at radius 3 is 2.89 bits per heavy atom. The Kier molecular flexibility index (Phi) is 3.00. The highest BCUT2D eigenvalue weighted by Crippen LogP contribution is 2.36. The third kappa shape index (κ3) is 1.91. The van der Waals surface area contributed by atoms with Crippen molar-refractivity contribution in [3.63, 3.8) is 0 Å². The van der Waals surface area contributed by atoms with E-state index in [1.54, 1.807) is 0 Å². The Bertz CT molecular complexity index is 780. The standard InChI is InChI=1S/C14H11BrN2O2/c15-10-3-4-11(16-7-19)14-13(10)9-2-1-8(6-18)5-12(9)17-14/h1-5,7,17-18H,6H2,(H,16,19). The van der Waals surface area contributed by atoms with Gasteiger partial charge >= 0.3 is 0 Å². The van der Waals surface area contributed by atoms with Crippen LogP contribution in [0.5, 0.6) is 0 Å². The zero-order chi connectivity index (χ0) is 13.4. The Morgan fingerprint density at radius 2 is 2.16 bits per heavy atom. The number of hydrogen-bond acceptors (Lipinski definition) is 2. The summed E-state index contributed by atoms with van der Waals surface area (Å²) in [6, 6.07) is 9.51. The molecule has 1 amide bonds. The van der Waals surface area contributed by atoms with Crippen molar-refractivity contribution in [1.82, 2.24) is 4.98 Å². The summed E-state index contributed by atoms with van der Waals surface area (Å²) in [5.41, 5.74) is 3.38. The first kappa shape index (κ1) is 12.2. The van der Waals surface area contributed by atoms with E-state index in [0.717, 1.165) is 37.5 Å². The van der Waals surface area contributed by atoms with Crippen molar-refractivity contribution in [2.24, 2.45) is 0 Å². The number of benzene rings is 2. The van der Waals surface area contributed by atoms with E-state index >= 15 is 0 Å². The summed E-state index contributed by atoms with van der Waals surface area (Å²) < 4.78 is 0.960.